The Morgan fingerprint density at radius 3 is 2.20 bits per heavy atom. The zero-order valence-electron chi connectivity index (χ0n) is 12.7. The van der Waals surface area contributed by atoms with E-state index in [0.717, 1.165) is 12.8 Å². The van der Waals surface area contributed by atoms with Gasteiger partial charge in [-0.1, -0.05) is 32.1 Å². The molecule has 0 unspecified atom stereocenters. The van der Waals surface area contributed by atoms with E-state index in [1.165, 1.54) is 32.1 Å². The molecule has 1 fully saturated rings. The molecule has 0 bridgehead atoms. The molecule has 0 heterocycles. The first-order valence-corrected chi connectivity index (χ1v) is 7.79. The fraction of sp³-hybridized carbons (Fsp3) is 0.867. The lowest BCUT2D eigenvalue weighted by Crippen LogP contribution is -2.48. The topological polar surface area (TPSA) is 69.6 Å². The number of aliphatic carboxylic acids is 1. The van der Waals surface area contributed by atoms with Gasteiger partial charge in [-0.05, 0) is 26.7 Å². The highest BCUT2D eigenvalue weighted by molar-refractivity contribution is 5.75. The van der Waals surface area contributed by atoms with Crippen molar-refractivity contribution in [3.63, 3.8) is 0 Å². The molecule has 2 N–H and O–H groups in total. The molecule has 5 heteroatoms. The molecule has 1 aliphatic rings. The Balaban J connectivity index is 2.48. The minimum absolute atomic E-state index is 0.00370. The summed E-state index contributed by atoms with van der Waals surface area (Å²) in [6.45, 7) is 4.10. The van der Waals surface area contributed by atoms with Crippen LogP contribution in [0.25, 0.3) is 0 Å². The van der Waals surface area contributed by atoms with Gasteiger partial charge >= 0.3 is 12.0 Å². The lowest BCUT2D eigenvalue weighted by atomic mass is 9.97. The standard InChI is InChI=1S/C15H28N2O3/c1-12(2)17(11-10-14(18)19)15(20)16-13-8-6-4-3-5-7-9-13/h12-13H,3-11H2,1-2H3,(H,16,20)(H,18,19). The third-order valence-electron chi connectivity index (χ3n) is 3.88. The summed E-state index contributed by atoms with van der Waals surface area (Å²) >= 11 is 0. The van der Waals surface area contributed by atoms with Crippen molar-refractivity contribution in [2.45, 2.75) is 77.3 Å². The molecular weight excluding hydrogens is 256 g/mol. The van der Waals surface area contributed by atoms with Crippen LogP contribution in [0.4, 0.5) is 4.79 Å². The third-order valence-corrected chi connectivity index (χ3v) is 3.88. The zero-order valence-corrected chi connectivity index (χ0v) is 12.7. The number of nitrogens with zero attached hydrogens (tertiary/aromatic N) is 1. The van der Waals surface area contributed by atoms with Crippen molar-refractivity contribution in [1.82, 2.24) is 10.2 Å². The second-order valence-electron chi connectivity index (χ2n) is 5.92. The first kappa shape index (κ1) is 16.8. The van der Waals surface area contributed by atoms with Gasteiger partial charge in [0.1, 0.15) is 0 Å². The monoisotopic (exact) mass is 284 g/mol. The maximum atomic E-state index is 12.3. The van der Waals surface area contributed by atoms with Gasteiger partial charge in [-0.15, -0.1) is 0 Å². The maximum Gasteiger partial charge on any atom is 0.317 e. The van der Waals surface area contributed by atoms with Crippen LogP contribution in [0.3, 0.4) is 0 Å². The SMILES string of the molecule is CC(C)N(CCC(=O)O)C(=O)NC1CCCCCCC1. The Morgan fingerprint density at radius 1 is 1.15 bits per heavy atom. The largest absolute Gasteiger partial charge is 0.481 e. The highest BCUT2D eigenvalue weighted by atomic mass is 16.4. The van der Waals surface area contributed by atoms with Crippen LogP contribution in [0.1, 0.15) is 65.2 Å². The van der Waals surface area contributed by atoms with E-state index in [2.05, 4.69) is 5.32 Å². The number of hydrogen-bond acceptors (Lipinski definition) is 2. The molecule has 2 amide bonds. The highest BCUT2D eigenvalue weighted by Crippen LogP contribution is 2.17. The predicted molar refractivity (Wildman–Crippen MR) is 78.7 cm³/mol. The Morgan fingerprint density at radius 2 is 1.70 bits per heavy atom. The van der Waals surface area contributed by atoms with Gasteiger partial charge in [-0.3, -0.25) is 4.79 Å². The number of nitrogens with one attached hydrogen (secondary N) is 1. The van der Waals surface area contributed by atoms with Crippen molar-refractivity contribution >= 4 is 12.0 Å². The van der Waals surface area contributed by atoms with Gasteiger partial charge in [0.2, 0.25) is 0 Å². The van der Waals surface area contributed by atoms with Crippen molar-refractivity contribution in [3.05, 3.63) is 0 Å². The van der Waals surface area contributed by atoms with Gasteiger partial charge in [0.15, 0.2) is 0 Å². The van der Waals surface area contributed by atoms with Crippen LogP contribution in [0.5, 0.6) is 0 Å². The number of carbonyl (C=O) groups is 2. The molecule has 116 valence electrons. The molecule has 5 nitrogen and oxygen atoms in total. The van der Waals surface area contributed by atoms with E-state index >= 15 is 0 Å². The molecule has 20 heavy (non-hydrogen) atoms. The van der Waals surface area contributed by atoms with Gasteiger partial charge < -0.3 is 15.3 Å². The molecule has 0 atom stereocenters. The second-order valence-corrected chi connectivity index (χ2v) is 5.92. The van der Waals surface area contributed by atoms with E-state index in [9.17, 15) is 9.59 Å². The minimum Gasteiger partial charge on any atom is -0.481 e. The number of carboxylic acids is 1. The summed E-state index contributed by atoms with van der Waals surface area (Å²) in [5.41, 5.74) is 0. The number of hydrogen-bond donors (Lipinski definition) is 2. The third kappa shape index (κ3) is 6.26. The Bertz CT molecular complexity index is 310. The van der Waals surface area contributed by atoms with Crippen LogP contribution in [-0.4, -0.2) is 40.6 Å². The summed E-state index contributed by atoms with van der Waals surface area (Å²) in [6, 6.07) is 0.142. The van der Waals surface area contributed by atoms with Crippen LogP contribution in [0, 0.1) is 0 Å². The summed E-state index contributed by atoms with van der Waals surface area (Å²) in [5, 5.41) is 11.8. The number of carbonyl (C=O) groups excluding carboxylic acids is 1. The normalized spacial score (nSPS) is 17.4. The minimum atomic E-state index is -0.866. The fourth-order valence-electron chi connectivity index (χ4n) is 2.67. The second kappa shape index (κ2) is 8.82. The summed E-state index contributed by atoms with van der Waals surface area (Å²) in [7, 11) is 0. The van der Waals surface area contributed by atoms with Crippen LogP contribution in [0.2, 0.25) is 0 Å². The van der Waals surface area contributed by atoms with Gasteiger partial charge in [0.25, 0.3) is 0 Å². The van der Waals surface area contributed by atoms with Crippen molar-refractivity contribution in [2.75, 3.05) is 6.54 Å². The van der Waals surface area contributed by atoms with Gasteiger partial charge in [-0.2, -0.15) is 0 Å². The molecule has 0 radical (unpaired) electrons. The summed E-state index contributed by atoms with van der Waals surface area (Å²) in [5.74, 6) is -0.866. The van der Waals surface area contributed by atoms with Crippen molar-refractivity contribution < 1.29 is 14.7 Å². The van der Waals surface area contributed by atoms with E-state index < -0.39 is 5.97 Å². The smallest absolute Gasteiger partial charge is 0.317 e. The molecule has 0 aromatic rings. The highest BCUT2D eigenvalue weighted by Gasteiger charge is 2.21. The Labute approximate surface area is 121 Å². The van der Waals surface area contributed by atoms with E-state index in [1.807, 2.05) is 13.8 Å². The molecule has 0 aliphatic heterocycles. The van der Waals surface area contributed by atoms with E-state index in [-0.39, 0.29) is 31.1 Å². The molecule has 0 spiro atoms. The number of urea groups is 1. The van der Waals surface area contributed by atoms with Crippen LogP contribution >= 0.6 is 0 Å². The molecule has 1 aliphatic carbocycles. The van der Waals surface area contributed by atoms with Crippen LogP contribution < -0.4 is 5.32 Å². The average molecular weight is 284 g/mol. The van der Waals surface area contributed by atoms with Crippen molar-refractivity contribution in [1.29, 1.82) is 0 Å². The van der Waals surface area contributed by atoms with E-state index in [1.54, 1.807) is 4.90 Å². The van der Waals surface area contributed by atoms with Gasteiger partial charge in [-0.25, -0.2) is 4.79 Å². The summed E-state index contributed by atoms with van der Waals surface area (Å²) < 4.78 is 0. The van der Waals surface area contributed by atoms with Crippen LogP contribution in [-0.2, 0) is 4.79 Å². The Kier molecular flexibility index (Phi) is 7.41. The van der Waals surface area contributed by atoms with E-state index in [0.29, 0.717) is 0 Å². The molecular formula is C15H28N2O3. The average Bonchev–Trinajstić information content (AvgIpc) is 2.31. The maximum absolute atomic E-state index is 12.3. The fourth-order valence-corrected chi connectivity index (χ4v) is 2.67. The molecule has 0 aromatic carbocycles. The lowest BCUT2D eigenvalue weighted by Gasteiger charge is -2.29. The van der Waals surface area contributed by atoms with E-state index in [4.69, 9.17) is 5.11 Å². The zero-order chi connectivity index (χ0) is 15.0. The predicted octanol–water partition coefficient (Wildman–Crippen LogP) is 2.99. The lowest BCUT2D eigenvalue weighted by molar-refractivity contribution is -0.137. The molecule has 0 aromatic heterocycles. The van der Waals surface area contributed by atoms with Crippen molar-refractivity contribution in [2.24, 2.45) is 0 Å². The van der Waals surface area contributed by atoms with Crippen LogP contribution in [0.15, 0.2) is 0 Å². The quantitative estimate of drug-likeness (QED) is 0.815. The molecule has 0 saturated heterocycles. The Hall–Kier alpha value is -1.26. The summed E-state index contributed by atoms with van der Waals surface area (Å²) in [4.78, 5) is 24.6. The molecule has 1 rings (SSSR count). The number of amides is 2. The first-order valence-electron chi connectivity index (χ1n) is 7.79. The summed E-state index contributed by atoms with van der Waals surface area (Å²) in [6.07, 6.45) is 8.21. The number of rotatable bonds is 5. The first-order chi connectivity index (χ1) is 9.50. The van der Waals surface area contributed by atoms with Gasteiger partial charge in [0.05, 0.1) is 6.42 Å². The van der Waals surface area contributed by atoms with Crippen molar-refractivity contribution in [3.8, 4) is 0 Å². The molecule has 1 saturated carbocycles. The van der Waals surface area contributed by atoms with Gasteiger partial charge in [0, 0.05) is 18.6 Å². The number of carboxylic acid groups (broad SMARTS) is 1.